The number of hydrogen-bond acceptors (Lipinski definition) is 6. The van der Waals surface area contributed by atoms with Gasteiger partial charge in [-0.15, -0.1) is 0 Å². The number of pyridine rings is 1. The minimum absolute atomic E-state index is 0.0917. The van der Waals surface area contributed by atoms with E-state index in [4.69, 9.17) is 14.9 Å². The van der Waals surface area contributed by atoms with Crippen molar-refractivity contribution in [2.45, 2.75) is 6.42 Å². The van der Waals surface area contributed by atoms with E-state index in [1.807, 2.05) is 12.1 Å². The Kier molecular flexibility index (Phi) is 5.57. The van der Waals surface area contributed by atoms with Crippen molar-refractivity contribution in [1.29, 1.82) is 0 Å². The van der Waals surface area contributed by atoms with Crippen LogP contribution < -0.4 is 10.5 Å². The number of hydrogen-bond donors (Lipinski definition) is 1. The van der Waals surface area contributed by atoms with Crippen LogP contribution in [0.4, 0.5) is 0 Å². The first-order chi connectivity index (χ1) is 15.0. The van der Waals surface area contributed by atoms with Crippen molar-refractivity contribution in [2.75, 3.05) is 33.3 Å². The van der Waals surface area contributed by atoms with Crippen LogP contribution in [0.25, 0.3) is 10.9 Å². The lowest BCUT2D eigenvalue weighted by Gasteiger charge is -2.34. The van der Waals surface area contributed by atoms with Gasteiger partial charge in [-0.2, -0.15) is 0 Å². The van der Waals surface area contributed by atoms with Crippen LogP contribution in [0.15, 0.2) is 47.1 Å². The first kappa shape index (κ1) is 20.4. The van der Waals surface area contributed by atoms with Gasteiger partial charge in [-0.1, -0.05) is 12.1 Å². The molecule has 1 fully saturated rings. The summed E-state index contributed by atoms with van der Waals surface area (Å²) in [6.07, 6.45) is 1.36. The lowest BCUT2D eigenvalue weighted by Crippen LogP contribution is -2.51. The number of aromatic nitrogens is 1. The van der Waals surface area contributed by atoms with Crippen LogP contribution in [0.2, 0.25) is 0 Å². The fraction of sp³-hybridized carbons (Fsp3) is 0.273. The molecule has 0 bridgehead atoms. The van der Waals surface area contributed by atoms with Crippen LogP contribution in [0, 0.1) is 0 Å². The third-order valence-corrected chi connectivity index (χ3v) is 5.34. The lowest BCUT2D eigenvalue weighted by molar-refractivity contribution is -0.132. The number of fused-ring (bicyclic) bond motifs is 1. The Bertz CT molecular complexity index is 1130. The molecule has 160 valence electrons. The Hall–Kier alpha value is -3.88. The van der Waals surface area contributed by atoms with Crippen LogP contribution in [0.3, 0.4) is 0 Å². The summed E-state index contributed by atoms with van der Waals surface area (Å²) >= 11 is 0. The molecule has 3 aromatic rings. The number of carbonyl (C=O) groups excluding carboxylic acids is 3. The van der Waals surface area contributed by atoms with Crippen molar-refractivity contribution in [3.63, 3.8) is 0 Å². The maximum absolute atomic E-state index is 13.0. The maximum atomic E-state index is 13.0. The number of nitrogens with zero attached hydrogens (tertiary/aromatic N) is 3. The summed E-state index contributed by atoms with van der Waals surface area (Å²) in [6, 6.07) is 10.5. The number of ether oxygens (including phenoxy) is 1. The van der Waals surface area contributed by atoms with Gasteiger partial charge in [-0.3, -0.25) is 19.4 Å². The number of methoxy groups -OCH3 is 1. The molecule has 1 aliphatic rings. The van der Waals surface area contributed by atoms with E-state index in [1.165, 1.54) is 13.4 Å². The second-order valence-corrected chi connectivity index (χ2v) is 7.18. The highest BCUT2D eigenvalue weighted by atomic mass is 16.5. The van der Waals surface area contributed by atoms with E-state index in [-0.39, 0.29) is 35.3 Å². The van der Waals surface area contributed by atoms with E-state index in [1.54, 1.807) is 34.1 Å². The quantitative estimate of drug-likeness (QED) is 0.665. The minimum atomic E-state index is -0.702. The number of carbonyl (C=O) groups is 3. The van der Waals surface area contributed by atoms with Gasteiger partial charge in [0.15, 0.2) is 5.76 Å². The summed E-state index contributed by atoms with van der Waals surface area (Å²) in [5, 5.41) is 0.653. The first-order valence-corrected chi connectivity index (χ1v) is 9.85. The van der Waals surface area contributed by atoms with Crippen LogP contribution in [-0.2, 0) is 11.2 Å². The molecule has 0 unspecified atom stereocenters. The highest BCUT2D eigenvalue weighted by Crippen LogP contribution is 2.31. The Balaban J connectivity index is 1.52. The summed E-state index contributed by atoms with van der Waals surface area (Å²) in [5.41, 5.74) is 6.60. The average Bonchev–Trinajstić information content (AvgIpc) is 3.32. The van der Waals surface area contributed by atoms with Crippen LogP contribution in [0.5, 0.6) is 5.75 Å². The van der Waals surface area contributed by atoms with Gasteiger partial charge in [-0.25, -0.2) is 0 Å². The molecule has 0 radical (unpaired) electrons. The summed E-state index contributed by atoms with van der Waals surface area (Å²) in [4.78, 5) is 45.3. The fourth-order valence-corrected chi connectivity index (χ4v) is 3.79. The molecule has 1 aromatic carbocycles. The minimum Gasteiger partial charge on any atom is -0.495 e. The normalized spacial score (nSPS) is 14.0. The highest BCUT2D eigenvalue weighted by molar-refractivity contribution is 6.03. The molecule has 3 heterocycles. The summed E-state index contributed by atoms with van der Waals surface area (Å²) in [5.74, 6) is -0.508. The predicted octanol–water partition coefficient (Wildman–Crippen LogP) is 1.46. The fourth-order valence-electron chi connectivity index (χ4n) is 3.79. The van der Waals surface area contributed by atoms with Gasteiger partial charge >= 0.3 is 0 Å². The second kappa shape index (κ2) is 8.47. The van der Waals surface area contributed by atoms with E-state index >= 15 is 0 Å². The molecule has 4 rings (SSSR count). The van der Waals surface area contributed by atoms with Gasteiger partial charge in [-0.05, 0) is 24.3 Å². The van der Waals surface area contributed by atoms with Gasteiger partial charge in [0.05, 0.1) is 31.0 Å². The second-order valence-electron chi connectivity index (χ2n) is 7.18. The molecule has 9 heteroatoms. The maximum Gasteiger partial charge on any atom is 0.289 e. The Morgan fingerprint density at radius 3 is 2.42 bits per heavy atom. The molecule has 1 aliphatic heterocycles. The molecule has 3 amide bonds. The molecule has 2 N–H and O–H groups in total. The van der Waals surface area contributed by atoms with Crippen LogP contribution >= 0.6 is 0 Å². The Morgan fingerprint density at radius 1 is 1.06 bits per heavy atom. The van der Waals surface area contributed by atoms with Gasteiger partial charge in [0, 0.05) is 31.6 Å². The molecule has 0 saturated carbocycles. The lowest BCUT2D eigenvalue weighted by atomic mass is 10.0. The van der Waals surface area contributed by atoms with Gasteiger partial charge in [0.2, 0.25) is 5.91 Å². The third kappa shape index (κ3) is 3.94. The van der Waals surface area contributed by atoms with Crippen LogP contribution in [-0.4, -0.2) is 65.8 Å². The Labute approximate surface area is 178 Å². The standard InChI is InChI=1S/C22H22N4O5/c1-30-20-14-5-2-3-6-15(14)24-16(19(20)21(23)28)13-18(27)25-8-10-26(11-9-25)22(29)17-7-4-12-31-17/h2-7,12H,8-11,13H2,1H3,(H2,23,28). The monoisotopic (exact) mass is 422 g/mol. The van der Waals surface area contributed by atoms with Crippen molar-refractivity contribution in [2.24, 2.45) is 5.73 Å². The zero-order valence-corrected chi connectivity index (χ0v) is 17.0. The number of rotatable bonds is 5. The number of piperazine rings is 1. The van der Waals surface area contributed by atoms with Gasteiger partial charge in [0.1, 0.15) is 11.3 Å². The van der Waals surface area contributed by atoms with Crippen molar-refractivity contribution in [1.82, 2.24) is 14.8 Å². The first-order valence-electron chi connectivity index (χ1n) is 9.85. The molecule has 0 spiro atoms. The van der Waals surface area contributed by atoms with Crippen molar-refractivity contribution in [3.8, 4) is 5.75 Å². The van der Waals surface area contributed by atoms with Crippen LogP contribution in [0.1, 0.15) is 26.6 Å². The zero-order valence-electron chi connectivity index (χ0n) is 17.0. The Morgan fingerprint density at radius 2 is 1.77 bits per heavy atom. The molecule has 0 aliphatic carbocycles. The number of amides is 3. The summed E-state index contributed by atoms with van der Waals surface area (Å²) in [6.45, 7) is 1.54. The number of benzene rings is 1. The number of nitrogens with two attached hydrogens (primary N) is 1. The topological polar surface area (TPSA) is 119 Å². The molecule has 31 heavy (non-hydrogen) atoms. The largest absolute Gasteiger partial charge is 0.495 e. The number of para-hydroxylation sites is 1. The van der Waals surface area contributed by atoms with Gasteiger partial charge < -0.3 is 24.7 Å². The molecule has 1 saturated heterocycles. The number of furan rings is 1. The van der Waals surface area contributed by atoms with E-state index in [0.717, 1.165) is 0 Å². The average molecular weight is 422 g/mol. The summed E-state index contributed by atoms with van der Waals surface area (Å²) in [7, 11) is 1.45. The van der Waals surface area contributed by atoms with E-state index < -0.39 is 5.91 Å². The highest BCUT2D eigenvalue weighted by Gasteiger charge is 2.28. The van der Waals surface area contributed by atoms with E-state index in [9.17, 15) is 14.4 Å². The molecule has 2 aromatic heterocycles. The number of primary amides is 1. The van der Waals surface area contributed by atoms with Gasteiger partial charge in [0.25, 0.3) is 11.8 Å². The third-order valence-electron chi connectivity index (χ3n) is 5.34. The van der Waals surface area contributed by atoms with Crippen molar-refractivity contribution < 1.29 is 23.5 Å². The molecule has 9 nitrogen and oxygen atoms in total. The SMILES string of the molecule is COc1c(C(N)=O)c(CC(=O)N2CCN(C(=O)c3ccco3)CC2)nc2ccccc12. The smallest absolute Gasteiger partial charge is 0.289 e. The molecular weight excluding hydrogens is 400 g/mol. The zero-order chi connectivity index (χ0) is 22.0. The van der Waals surface area contributed by atoms with Crippen molar-refractivity contribution in [3.05, 3.63) is 59.7 Å². The molecular formula is C22H22N4O5. The van der Waals surface area contributed by atoms with E-state index in [2.05, 4.69) is 4.98 Å². The molecule has 0 atom stereocenters. The predicted molar refractivity (Wildman–Crippen MR) is 112 cm³/mol. The van der Waals surface area contributed by atoms with E-state index in [0.29, 0.717) is 42.8 Å². The van der Waals surface area contributed by atoms with Crippen molar-refractivity contribution >= 4 is 28.6 Å². The summed E-state index contributed by atoms with van der Waals surface area (Å²) < 4.78 is 10.6.